The second-order valence-electron chi connectivity index (χ2n) is 5.56. The van der Waals surface area contributed by atoms with Crippen molar-refractivity contribution < 1.29 is 4.79 Å². The maximum absolute atomic E-state index is 12.2. The van der Waals surface area contributed by atoms with Crippen LogP contribution in [0.25, 0.3) is 21.1 Å². The molecule has 0 atom stereocenters. The molecule has 2 N–H and O–H groups in total. The summed E-state index contributed by atoms with van der Waals surface area (Å²) < 4.78 is 1.11. The first-order valence-corrected chi connectivity index (χ1v) is 8.61. The van der Waals surface area contributed by atoms with Gasteiger partial charge in [0.25, 0.3) is 0 Å². The van der Waals surface area contributed by atoms with Crippen LogP contribution in [0.4, 0.5) is 11.5 Å². The molecular formula is C18H15N5OS. The molecule has 0 aliphatic rings. The van der Waals surface area contributed by atoms with E-state index in [1.165, 1.54) is 6.33 Å². The molecule has 0 radical (unpaired) electrons. The quantitative estimate of drug-likeness (QED) is 0.588. The Morgan fingerprint density at radius 3 is 2.92 bits per heavy atom. The van der Waals surface area contributed by atoms with Gasteiger partial charge in [-0.25, -0.2) is 15.0 Å². The van der Waals surface area contributed by atoms with Crippen LogP contribution in [0.2, 0.25) is 0 Å². The number of nitrogens with zero attached hydrogens (tertiary/aromatic N) is 3. The number of hydrogen-bond acceptors (Lipinski definition) is 6. The molecule has 4 aromatic rings. The Morgan fingerprint density at radius 1 is 1.12 bits per heavy atom. The van der Waals surface area contributed by atoms with Gasteiger partial charge in [0.15, 0.2) is 0 Å². The Balaban J connectivity index is 1.46. The minimum atomic E-state index is -0.144. The van der Waals surface area contributed by atoms with Crippen molar-refractivity contribution in [2.75, 3.05) is 17.2 Å². The number of anilines is 2. The smallest absolute Gasteiger partial charge is 0.243 e. The normalized spacial score (nSPS) is 10.9. The molecule has 1 amide bonds. The number of aryl methyl sites for hydroxylation is 1. The van der Waals surface area contributed by atoms with E-state index in [0.29, 0.717) is 5.82 Å². The van der Waals surface area contributed by atoms with Crippen molar-refractivity contribution in [3.63, 3.8) is 0 Å². The Bertz CT molecular complexity index is 1070. The predicted octanol–water partition coefficient (Wildman–Crippen LogP) is 3.60. The van der Waals surface area contributed by atoms with Gasteiger partial charge in [-0.2, -0.15) is 0 Å². The van der Waals surface area contributed by atoms with Crippen molar-refractivity contribution in [1.29, 1.82) is 0 Å². The molecule has 2 heterocycles. The van der Waals surface area contributed by atoms with E-state index in [9.17, 15) is 4.79 Å². The fourth-order valence-electron chi connectivity index (χ4n) is 2.64. The fraction of sp³-hybridized carbons (Fsp3) is 0.111. The number of para-hydroxylation sites is 1. The number of thiazole rings is 1. The zero-order chi connectivity index (χ0) is 17.2. The lowest BCUT2D eigenvalue weighted by atomic mass is 10.2. The van der Waals surface area contributed by atoms with Gasteiger partial charge in [-0.1, -0.05) is 12.1 Å². The summed E-state index contributed by atoms with van der Waals surface area (Å²) >= 11 is 1.64. The topological polar surface area (TPSA) is 79.8 Å². The zero-order valence-electron chi connectivity index (χ0n) is 13.5. The van der Waals surface area contributed by atoms with Gasteiger partial charge in [0.05, 0.1) is 27.3 Å². The van der Waals surface area contributed by atoms with E-state index in [-0.39, 0.29) is 12.5 Å². The standard InChI is InChI=1S/C18H15N5OS/c1-11-22-15-8-12(6-7-16(15)25-11)23-17(24)9-19-18-13-4-2-3-5-14(13)20-10-21-18/h2-8,10H,9H2,1H3,(H,23,24)(H,19,20,21). The summed E-state index contributed by atoms with van der Waals surface area (Å²) in [7, 11) is 0. The van der Waals surface area contributed by atoms with Crippen molar-refractivity contribution in [1.82, 2.24) is 15.0 Å². The first-order valence-electron chi connectivity index (χ1n) is 7.80. The van der Waals surface area contributed by atoms with Crippen LogP contribution in [-0.4, -0.2) is 27.4 Å². The van der Waals surface area contributed by atoms with Gasteiger partial charge in [-0.3, -0.25) is 4.79 Å². The van der Waals surface area contributed by atoms with E-state index in [1.54, 1.807) is 11.3 Å². The highest BCUT2D eigenvalue weighted by Crippen LogP contribution is 2.24. The summed E-state index contributed by atoms with van der Waals surface area (Å²) in [6, 6.07) is 13.4. The van der Waals surface area contributed by atoms with Crippen molar-refractivity contribution in [2.45, 2.75) is 6.92 Å². The predicted molar refractivity (Wildman–Crippen MR) is 101 cm³/mol. The molecule has 0 aliphatic carbocycles. The highest BCUT2D eigenvalue weighted by atomic mass is 32.1. The fourth-order valence-corrected chi connectivity index (χ4v) is 3.44. The van der Waals surface area contributed by atoms with Crippen LogP contribution in [0.1, 0.15) is 5.01 Å². The van der Waals surface area contributed by atoms with E-state index in [1.807, 2.05) is 49.4 Å². The van der Waals surface area contributed by atoms with Gasteiger partial charge in [-0.15, -0.1) is 11.3 Å². The second-order valence-corrected chi connectivity index (χ2v) is 6.79. The molecule has 0 bridgehead atoms. The third-order valence-electron chi connectivity index (χ3n) is 3.74. The molecule has 2 aromatic carbocycles. The van der Waals surface area contributed by atoms with Crippen molar-refractivity contribution in [3.8, 4) is 0 Å². The number of carbonyl (C=O) groups excluding carboxylic acids is 1. The number of amides is 1. The molecule has 0 saturated heterocycles. The van der Waals surface area contributed by atoms with E-state index < -0.39 is 0 Å². The lowest BCUT2D eigenvalue weighted by molar-refractivity contribution is -0.114. The summed E-state index contributed by atoms with van der Waals surface area (Å²) in [4.78, 5) is 25.1. The van der Waals surface area contributed by atoms with Gasteiger partial charge in [0, 0.05) is 11.1 Å². The lowest BCUT2D eigenvalue weighted by Gasteiger charge is -2.09. The molecule has 0 fully saturated rings. The van der Waals surface area contributed by atoms with Crippen LogP contribution in [0.15, 0.2) is 48.8 Å². The number of nitrogens with one attached hydrogen (secondary N) is 2. The Kier molecular flexibility index (Phi) is 3.99. The summed E-state index contributed by atoms with van der Waals surface area (Å²) in [6.45, 7) is 2.09. The van der Waals surface area contributed by atoms with E-state index in [2.05, 4.69) is 25.6 Å². The van der Waals surface area contributed by atoms with Crippen molar-refractivity contribution in [3.05, 3.63) is 53.8 Å². The average Bonchev–Trinajstić information content (AvgIpc) is 2.99. The minimum Gasteiger partial charge on any atom is -0.360 e. The molecule has 2 aromatic heterocycles. The van der Waals surface area contributed by atoms with Crippen molar-refractivity contribution in [2.24, 2.45) is 0 Å². The van der Waals surface area contributed by atoms with Crippen molar-refractivity contribution >= 4 is 49.9 Å². The van der Waals surface area contributed by atoms with Gasteiger partial charge in [0.1, 0.15) is 12.1 Å². The van der Waals surface area contributed by atoms with Crippen LogP contribution in [0.5, 0.6) is 0 Å². The first kappa shape index (κ1) is 15.5. The van der Waals surface area contributed by atoms with Crippen LogP contribution >= 0.6 is 11.3 Å². The molecule has 25 heavy (non-hydrogen) atoms. The third-order valence-corrected chi connectivity index (χ3v) is 4.69. The average molecular weight is 349 g/mol. The number of carbonyl (C=O) groups is 1. The third kappa shape index (κ3) is 3.27. The molecule has 0 saturated carbocycles. The van der Waals surface area contributed by atoms with Crippen LogP contribution in [0.3, 0.4) is 0 Å². The summed E-state index contributed by atoms with van der Waals surface area (Å²) in [5.74, 6) is 0.500. The van der Waals surface area contributed by atoms with Crippen LogP contribution < -0.4 is 10.6 Å². The molecule has 0 aliphatic heterocycles. The van der Waals surface area contributed by atoms with Crippen LogP contribution in [-0.2, 0) is 4.79 Å². The summed E-state index contributed by atoms with van der Waals surface area (Å²) in [6.07, 6.45) is 1.49. The highest BCUT2D eigenvalue weighted by Gasteiger charge is 2.07. The lowest BCUT2D eigenvalue weighted by Crippen LogP contribution is -2.22. The monoisotopic (exact) mass is 349 g/mol. The maximum Gasteiger partial charge on any atom is 0.243 e. The molecule has 124 valence electrons. The minimum absolute atomic E-state index is 0.120. The second kappa shape index (κ2) is 6.45. The molecule has 7 heteroatoms. The first-order chi connectivity index (χ1) is 12.2. The molecule has 0 unspecified atom stereocenters. The Hall–Kier alpha value is -3.06. The molecule has 6 nitrogen and oxygen atoms in total. The largest absolute Gasteiger partial charge is 0.360 e. The summed E-state index contributed by atoms with van der Waals surface area (Å²) in [5, 5.41) is 7.85. The van der Waals surface area contributed by atoms with E-state index in [0.717, 1.165) is 31.8 Å². The van der Waals surface area contributed by atoms with Gasteiger partial charge >= 0.3 is 0 Å². The maximum atomic E-state index is 12.2. The number of rotatable bonds is 4. The zero-order valence-corrected chi connectivity index (χ0v) is 14.3. The Morgan fingerprint density at radius 2 is 2.00 bits per heavy atom. The Labute approximate surface area is 148 Å². The molecular weight excluding hydrogens is 334 g/mol. The number of fused-ring (bicyclic) bond motifs is 2. The highest BCUT2D eigenvalue weighted by molar-refractivity contribution is 7.18. The SMILES string of the molecule is Cc1nc2cc(NC(=O)CNc3ncnc4ccccc34)ccc2s1. The van der Waals surface area contributed by atoms with Gasteiger partial charge in [0.2, 0.25) is 5.91 Å². The number of benzene rings is 2. The number of hydrogen-bond donors (Lipinski definition) is 2. The molecule has 4 rings (SSSR count). The van der Waals surface area contributed by atoms with Gasteiger partial charge in [-0.05, 0) is 37.3 Å². The molecule has 0 spiro atoms. The van der Waals surface area contributed by atoms with Crippen LogP contribution in [0, 0.1) is 6.92 Å². The summed E-state index contributed by atoms with van der Waals surface area (Å²) in [5.41, 5.74) is 2.47. The van der Waals surface area contributed by atoms with E-state index in [4.69, 9.17) is 0 Å². The van der Waals surface area contributed by atoms with Gasteiger partial charge < -0.3 is 10.6 Å². The number of aromatic nitrogens is 3. The van der Waals surface area contributed by atoms with E-state index >= 15 is 0 Å².